The van der Waals surface area contributed by atoms with Gasteiger partial charge in [0.05, 0.1) is 9.89 Å². The smallest absolute Gasteiger partial charge is 0.129 e. The lowest BCUT2D eigenvalue weighted by Crippen LogP contribution is -2.20. The minimum Gasteiger partial charge on any atom is -0.387 e. The molecule has 2 nitrogen and oxygen atoms in total. The van der Waals surface area contributed by atoms with Gasteiger partial charge in [0.1, 0.15) is 11.6 Å². The normalized spacial score (nSPS) is 14.3. The maximum Gasteiger partial charge on any atom is 0.129 e. The first-order valence-electron chi connectivity index (χ1n) is 6.03. The molecule has 2 rings (SSSR count). The van der Waals surface area contributed by atoms with Gasteiger partial charge in [0.2, 0.25) is 0 Å². The van der Waals surface area contributed by atoms with Crippen molar-refractivity contribution in [2.45, 2.75) is 18.9 Å². The van der Waals surface area contributed by atoms with E-state index in [2.05, 4.69) is 15.9 Å². The number of benzene rings is 1. The van der Waals surface area contributed by atoms with Crippen LogP contribution in [0.25, 0.3) is 0 Å². The molecule has 108 valence electrons. The molecular formula is C14H14BrF2NOS. The predicted molar refractivity (Wildman–Crippen MR) is 79.9 cm³/mol. The average molecular weight is 362 g/mol. The number of rotatable bonds is 4. The van der Waals surface area contributed by atoms with Crippen molar-refractivity contribution in [1.82, 2.24) is 0 Å². The summed E-state index contributed by atoms with van der Waals surface area (Å²) >= 11 is 4.77. The highest BCUT2D eigenvalue weighted by Gasteiger charge is 2.26. The van der Waals surface area contributed by atoms with E-state index in [0.717, 1.165) is 15.4 Å². The quantitative estimate of drug-likeness (QED) is 0.867. The summed E-state index contributed by atoms with van der Waals surface area (Å²) in [6.45, 7) is 1.98. The van der Waals surface area contributed by atoms with Gasteiger partial charge in [-0.3, -0.25) is 0 Å². The highest BCUT2D eigenvalue weighted by molar-refractivity contribution is 9.11. The van der Waals surface area contributed by atoms with Crippen LogP contribution < -0.4 is 5.73 Å². The number of aryl methyl sites for hydroxylation is 1. The van der Waals surface area contributed by atoms with Crippen LogP contribution in [0.3, 0.4) is 0 Å². The molecule has 0 amide bonds. The van der Waals surface area contributed by atoms with Crippen molar-refractivity contribution in [3.05, 3.63) is 55.7 Å². The van der Waals surface area contributed by atoms with Crippen LogP contribution in [0.15, 0.2) is 28.1 Å². The summed E-state index contributed by atoms with van der Waals surface area (Å²) in [7, 11) is 0. The summed E-state index contributed by atoms with van der Waals surface area (Å²) < 4.78 is 27.7. The van der Waals surface area contributed by atoms with Gasteiger partial charge in [-0.15, -0.1) is 11.3 Å². The van der Waals surface area contributed by atoms with Gasteiger partial charge in [0.15, 0.2) is 0 Å². The Morgan fingerprint density at radius 2 is 2.05 bits per heavy atom. The van der Waals surface area contributed by atoms with Gasteiger partial charge in [-0.1, -0.05) is 6.07 Å². The second-order valence-electron chi connectivity index (χ2n) is 4.56. The van der Waals surface area contributed by atoms with Gasteiger partial charge in [0, 0.05) is 23.4 Å². The Balaban J connectivity index is 2.36. The first kappa shape index (κ1) is 15.6. The van der Waals surface area contributed by atoms with Gasteiger partial charge in [-0.05, 0) is 46.1 Å². The second-order valence-corrected chi connectivity index (χ2v) is 6.96. The highest BCUT2D eigenvalue weighted by atomic mass is 79.9. The summed E-state index contributed by atoms with van der Waals surface area (Å²) in [5.74, 6) is -1.95. The molecule has 6 heteroatoms. The maximum atomic E-state index is 13.8. The number of nitrogens with two attached hydrogens (primary N) is 1. The standard InChI is InChI=1S/C14H14BrF2NOS/c1-7-4-12(20-14(7)15)13(19)10(6-18)9-3-2-8(16)5-11(9)17/h2-5,10,13,19H,6,18H2,1H3. The van der Waals surface area contributed by atoms with Crippen LogP contribution in [-0.4, -0.2) is 11.7 Å². The zero-order chi connectivity index (χ0) is 14.9. The lowest BCUT2D eigenvalue weighted by Gasteiger charge is -2.21. The Morgan fingerprint density at radius 1 is 1.35 bits per heavy atom. The zero-order valence-electron chi connectivity index (χ0n) is 10.7. The summed E-state index contributed by atoms with van der Waals surface area (Å²) in [5, 5.41) is 10.4. The molecule has 0 fully saturated rings. The van der Waals surface area contributed by atoms with Crippen molar-refractivity contribution in [1.29, 1.82) is 0 Å². The van der Waals surface area contributed by atoms with Gasteiger partial charge in [0.25, 0.3) is 0 Å². The van der Waals surface area contributed by atoms with Crippen molar-refractivity contribution in [3.63, 3.8) is 0 Å². The van der Waals surface area contributed by atoms with E-state index in [4.69, 9.17) is 5.73 Å². The van der Waals surface area contributed by atoms with E-state index in [1.807, 2.05) is 13.0 Å². The van der Waals surface area contributed by atoms with Crippen LogP contribution >= 0.6 is 27.3 Å². The van der Waals surface area contributed by atoms with E-state index in [-0.39, 0.29) is 12.1 Å². The van der Waals surface area contributed by atoms with Crippen molar-refractivity contribution in [2.24, 2.45) is 5.73 Å². The second kappa shape index (κ2) is 6.30. The molecule has 1 aromatic heterocycles. The van der Waals surface area contributed by atoms with Gasteiger partial charge < -0.3 is 10.8 Å². The number of halogens is 3. The third kappa shape index (κ3) is 3.09. The Hall–Kier alpha value is -0.820. The molecule has 0 aliphatic heterocycles. The number of aliphatic hydroxyl groups excluding tert-OH is 1. The zero-order valence-corrected chi connectivity index (χ0v) is 13.1. The van der Waals surface area contributed by atoms with E-state index < -0.39 is 23.7 Å². The van der Waals surface area contributed by atoms with Crippen LogP contribution in [0.5, 0.6) is 0 Å². The lowest BCUT2D eigenvalue weighted by molar-refractivity contribution is 0.149. The Kier molecular flexibility index (Phi) is 4.90. The highest BCUT2D eigenvalue weighted by Crippen LogP contribution is 2.38. The van der Waals surface area contributed by atoms with Crippen molar-refractivity contribution >= 4 is 27.3 Å². The van der Waals surface area contributed by atoms with E-state index in [1.165, 1.54) is 23.5 Å². The number of hydrogen-bond acceptors (Lipinski definition) is 3. The molecule has 1 aromatic carbocycles. The topological polar surface area (TPSA) is 46.2 Å². The van der Waals surface area contributed by atoms with Crippen molar-refractivity contribution < 1.29 is 13.9 Å². The van der Waals surface area contributed by atoms with Crippen molar-refractivity contribution in [2.75, 3.05) is 6.54 Å². The van der Waals surface area contributed by atoms with Crippen LogP contribution in [-0.2, 0) is 0 Å². The van der Waals surface area contributed by atoms with Gasteiger partial charge >= 0.3 is 0 Å². The lowest BCUT2D eigenvalue weighted by atomic mass is 9.92. The molecule has 0 aliphatic rings. The molecule has 0 radical (unpaired) electrons. The Labute approximate surface area is 128 Å². The number of hydrogen-bond donors (Lipinski definition) is 2. The largest absolute Gasteiger partial charge is 0.387 e. The summed E-state index contributed by atoms with van der Waals surface area (Å²) in [5.41, 5.74) is 6.89. The summed E-state index contributed by atoms with van der Waals surface area (Å²) in [6, 6.07) is 5.15. The third-order valence-electron chi connectivity index (χ3n) is 3.16. The van der Waals surface area contributed by atoms with Crippen LogP contribution in [0.4, 0.5) is 8.78 Å². The SMILES string of the molecule is Cc1cc(C(O)C(CN)c2ccc(F)cc2F)sc1Br. The molecule has 1 heterocycles. The first-order valence-corrected chi connectivity index (χ1v) is 7.64. The molecule has 0 saturated heterocycles. The molecule has 2 atom stereocenters. The molecule has 20 heavy (non-hydrogen) atoms. The number of thiophene rings is 1. The monoisotopic (exact) mass is 361 g/mol. The predicted octanol–water partition coefficient (Wildman–Crippen LogP) is 3.87. The fourth-order valence-corrected chi connectivity index (χ4v) is 3.68. The van der Waals surface area contributed by atoms with E-state index in [9.17, 15) is 13.9 Å². The Bertz CT molecular complexity index is 598. The fraction of sp³-hybridized carbons (Fsp3) is 0.286. The minimum atomic E-state index is -0.921. The van der Waals surface area contributed by atoms with Gasteiger partial charge in [-0.25, -0.2) is 8.78 Å². The maximum absolute atomic E-state index is 13.8. The van der Waals surface area contributed by atoms with E-state index in [1.54, 1.807) is 0 Å². The van der Waals surface area contributed by atoms with Crippen LogP contribution in [0.2, 0.25) is 0 Å². The number of aliphatic hydroxyl groups is 1. The van der Waals surface area contributed by atoms with Crippen LogP contribution in [0, 0.1) is 18.6 Å². The minimum absolute atomic E-state index is 0.0677. The molecule has 0 bridgehead atoms. The average Bonchev–Trinajstić information content (AvgIpc) is 2.73. The molecule has 0 spiro atoms. The molecule has 0 aliphatic carbocycles. The van der Waals surface area contributed by atoms with E-state index in [0.29, 0.717) is 4.88 Å². The van der Waals surface area contributed by atoms with Crippen molar-refractivity contribution in [3.8, 4) is 0 Å². The first-order chi connectivity index (χ1) is 9.43. The van der Waals surface area contributed by atoms with Crippen LogP contribution in [0.1, 0.15) is 28.0 Å². The summed E-state index contributed by atoms with van der Waals surface area (Å²) in [4.78, 5) is 0.702. The van der Waals surface area contributed by atoms with Gasteiger partial charge in [-0.2, -0.15) is 0 Å². The Morgan fingerprint density at radius 3 is 2.55 bits per heavy atom. The third-order valence-corrected chi connectivity index (χ3v) is 5.37. The fourth-order valence-electron chi connectivity index (χ4n) is 2.06. The summed E-state index contributed by atoms with van der Waals surface area (Å²) in [6.07, 6.45) is -0.921. The molecule has 0 saturated carbocycles. The van der Waals surface area contributed by atoms with E-state index >= 15 is 0 Å². The molecule has 3 N–H and O–H groups in total. The molecular weight excluding hydrogens is 348 g/mol. The molecule has 2 unspecified atom stereocenters. The molecule has 2 aromatic rings.